The number of ketones is 1. The lowest BCUT2D eigenvalue weighted by atomic mass is 9.81. The predicted octanol–water partition coefficient (Wildman–Crippen LogP) is 1.74. The molecule has 1 fully saturated rings. The van der Waals surface area contributed by atoms with Gasteiger partial charge in [-0.2, -0.15) is 0 Å². The van der Waals surface area contributed by atoms with E-state index in [0.717, 1.165) is 0 Å². The molecule has 0 N–H and O–H groups in total. The van der Waals surface area contributed by atoms with Crippen LogP contribution in [0.5, 0.6) is 0 Å². The van der Waals surface area contributed by atoms with Crippen LogP contribution in [0.25, 0.3) is 0 Å². The highest BCUT2D eigenvalue weighted by Crippen LogP contribution is 2.34. The van der Waals surface area contributed by atoms with Crippen molar-refractivity contribution >= 4 is 11.7 Å². The van der Waals surface area contributed by atoms with E-state index in [1.165, 1.54) is 0 Å². The second-order valence-electron chi connectivity index (χ2n) is 4.50. The van der Waals surface area contributed by atoms with E-state index in [1.54, 1.807) is 31.0 Å². The Balaban J connectivity index is 2.33. The van der Waals surface area contributed by atoms with Gasteiger partial charge in [0.2, 0.25) is 5.91 Å². The Bertz CT molecular complexity index is 427. The molecule has 0 aromatic heterocycles. The van der Waals surface area contributed by atoms with Gasteiger partial charge in [-0.25, -0.2) is 0 Å². The van der Waals surface area contributed by atoms with E-state index in [2.05, 4.69) is 0 Å². The lowest BCUT2D eigenvalue weighted by molar-refractivity contribution is -0.132. The topological polar surface area (TPSA) is 37.4 Å². The highest BCUT2D eigenvalue weighted by Gasteiger charge is 2.47. The predicted molar refractivity (Wildman–Crippen MR) is 61.1 cm³/mol. The molecule has 84 valence electrons. The number of likely N-dealkylation sites (tertiary alicyclic amines) is 1. The van der Waals surface area contributed by atoms with Crippen molar-refractivity contribution in [3.05, 3.63) is 35.9 Å². The molecule has 1 aromatic rings. The van der Waals surface area contributed by atoms with Crippen molar-refractivity contribution in [2.75, 3.05) is 13.6 Å². The Hall–Kier alpha value is -1.64. The van der Waals surface area contributed by atoms with Crippen LogP contribution in [0, 0.1) is 5.41 Å². The van der Waals surface area contributed by atoms with Gasteiger partial charge in [-0.15, -0.1) is 0 Å². The third kappa shape index (κ3) is 1.52. The van der Waals surface area contributed by atoms with E-state index >= 15 is 0 Å². The van der Waals surface area contributed by atoms with E-state index in [9.17, 15) is 9.59 Å². The van der Waals surface area contributed by atoms with Gasteiger partial charge < -0.3 is 4.90 Å². The number of hydrogen-bond donors (Lipinski definition) is 0. The van der Waals surface area contributed by atoms with Crippen LogP contribution >= 0.6 is 0 Å². The fraction of sp³-hybridized carbons (Fsp3) is 0.385. The summed E-state index contributed by atoms with van der Waals surface area (Å²) in [5.41, 5.74) is -0.246. The minimum Gasteiger partial charge on any atom is -0.345 e. The highest BCUT2D eigenvalue weighted by molar-refractivity contribution is 6.14. The third-order valence-electron chi connectivity index (χ3n) is 3.30. The molecule has 0 saturated carbocycles. The molecule has 1 aromatic carbocycles. The van der Waals surface area contributed by atoms with E-state index in [0.29, 0.717) is 18.5 Å². The van der Waals surface area contributed by atoms with Crippen molar-refractivity contribution in [3.63, 3.8) is 0 Å². The van der Waals surface area contributed by atoms with E-state index in [-0.39, 0.29) is 11.7 Å². The summed E-state index contributed by atoms with van der Waals surface area (Å²) in [6.45, 7) is 2.40. The molecular formula is C13H15NO2. The quantitative estimate of drug-likeness (QED) is 0.559. The minimum absolute atomic E-state index is 0.0672. The smallest absolute Gasteiger partial charge is 0.236 e. The van der Waals surface area contributed by atoms with E-state index in [4.69, 9.17) is 0 Å². The SMILES string of the molecule is CN1CC[C@@](C)(C(=O)c2ccccc2)C1=O. The average molecular weight is 217 g/mol. The van der Waals surface area contributed by atoms with Crippen molar-refractivity contribution < 1.29 is 9.59 Å². The monoisotopic (exact) mass is 217 g/mol. The summed E-state index contributed by atoms with van der Waals surface area (Å²) in [7, 11) is 1.74. The van der Waals surface area contributed by atoms with Gasteiger partial charge in [0.05, 0.1) is 0 Å². The van der Waals surface area contributed by atoms with Gasteiger partial charge in [-0.05, 0) is 13.3 Å². The Morgan fingerprint density at radius 3 is 2.44 bits per heavy atom. The first-order valence-corrected chi connectivity index (χ1v) is 5.41. The van der Waals surface area contributed by atoms with Crippen LogP contribution in [-0.2, 0) is 4.79 Å². The molecule has 1 saturated heterocycles. The molecule has 3 nitrogen and oxygen atoms in total. The zero-order valence-electron chi connectivity index (χ0n) is 9.56. The van der Waals surface area contributed by atoms with Crippen molar-refractivity contribution in [1.82, 2.24) is 4.90 Å². The normalized spacial score (nSPS) is 24.9. The lowest BCUT2D eigenvalue weighted by Gasteiger charge is -2.20. The molecule has 16 heavy (non-hydrogen) atoms. The van der Waals surface area contributed by atoms with Gasteiger partial charge in [0.25, 0.3) is 0 Å². The van der Waals surface area contributed by atoms with Crippen LogP contribution in [0.2, 0.25) is 0 Å². The molecule has 3 heteroatoms. The maximum absolute atomic E-state index is 12.3. The first-order chi connectivity index (χ1) is 7.55. The summed E-state index contributed by atoms with van der Waals surface area (Å²) < 4.78 is 0. The standard InChI is InChI=1S/C13H15NO2/c1-13(8-9-14(2)12(13)16)11(15)10-6-4-3-5-7-10/h3-7H,8-9H2,1-2H3/t13-/m0/s1. The zero-order chi connectivity index (χ0) is 11.8. The number of rotatable bonds is 2. The van der Waals surface area contributed by atoms with Gasteiger partial charge in [-0.3, -0.25) is 9.59 Å². The molecule has 0 unspecified atom stereocenters. The molecule has 1 amide bonds. The van der Waals surface area contributed by atoms with Crippen molar-refractivity contribution in [2.45, 2.75) is 13.3 Å². The molecule has 1 aliphatic heterocycles. The fourth-order valence-electron chi connectivity index (χ4n) is 2.14. The number of nitrogens with zero attached hydrogens (tertiary/aromatic N) is 1. The summed E-state index contributed by atoms with van der Waals surface area (Å²) in [6, 6.07) is 9.03. The number of hydrogen-bond acceptors (Lipinski definition) is 2. The second-order valence-corrected chi connectivity index (χ2v) is 4.50. The molecule has 0 bridgehead atoms. The van der Waals surface area contributed by atoms with Crippen LogP contribution in [0.1, 0.15) is 23.7 Å². The fourth-order valence-corrected chi connectivity index (χ4v) is 2.14. The largest absolute Gasteiger partial charge is 0.345 e. The molecule has 0 radical (unpaired) electrons. The molecule has 2 rings (SSSR count). The third-order valence-corrected chi connectivity index (χ3v) is 3.30. The van der Waals surface area contributed by atoms with Gasteiger partial charge >= 0.3 is 0 Å². The Morgan fingerprint density at radius 2 is 1.94 bits per heavy atom. The van der Waals surface area contributed by atoms with Gasteiger partial charge in [0.1, 0.15) is 5.41 Å². The number of Topliss-reactive ketones (excluding diaryl/α,β-unsaturated/α-hetero) is 1. The van der Waals surface area contributed by atoms with Gasteiger partial charge in [0, 0.05) is 19.2 Å². The van der Waals surface area contributed by atoms with Crippen LogP contribution in [-0.4, -0.2) is 30.2 Å². The Labute approximate surface area is 95.1 Å². The van der Waals surface area contributed by atoms with E-state index in [1.807, 2.05) is 18.2 Å². The van der Waals surface area contributed by atoms with Crippen molar-refractivity contribution in [3.8, 4) is 0 Å². The highest BCUT2D eigenvalue weighted by atomic mass is 16.2. The van der Waals surface area contributed by atoms with E-state index < -0.39 is 5.41 Å². The minimum atomic E-state index is -0.865. The van der Waals surface area contributed by atoms with Gasteiger partial charge in [-0.1, -0.05) is 30.3 Å². The molecule has 0 aliphatic carbocycles. The summed E-state index contributed by atoms with van der Waals surface area (Å²) >= 11 is 0. The van der Waals surface area contributed by atoms with Crippen molar-refractivity contribution in [2.24, 2.45) is 5.41 Å². The number of carbonyl (C=O) groups is 2. The van der Waals surface area contributed by atoms with Crippen LogP contribution < -0.4 is 0 Å². The summed E-state index contributed by atoms with van der Waals surface area (Å²) in [4.78, 5) is 25.8. The summed E-state index contributed by atoms with van der Waals surface area (Å²) in [5.74, 6) is -0.135. The maximum atomic E-state index is 12.3. The molecule has 1 atom stereocenters. The first-order valence-electron chi connectivity index (χ1n) is 5.41. The maximum Gasteiger partial charge on any atom is 0.236 e. The zero-order valence-corrected chi connectivity index (χ0v) is 9.56. The average Bonchev–Trinajstić information content (AvgIpc) is 2.59. The summed E-state index contributed by atoms with van der Waals surface area (Å²) in [5, 5.41) is 0. The Kier molecular flexibility index (Phi) is 2.54. The number of benzene rings is 1. The van der Waals surface area contributed by atoms with Crippen LogP contribution in [0.4, 0.5) is 0 Å². The Morgan fingerprint density at radius 1 is 1.31 bits per heavy atom. The number of amides is 1. The number of carbonyl (C=O) groups excluding carboxylic acids is 2. The van der Waals surface area contributed by atoms with Crippen LogP contribution in [0.15, 0.2) is 30.3 Å². The summed E-state index contributed by atoms with van der Waals surface area (Å²) in [6.07, 6.45) is 0.607. The lowest BCUT2D eigenvalue weighted by Crippen LogP contribution is -2.36. The molecule has 1 aliphatic rings. The van der Waals surface area contributed by atoms with Gasteiger partial charge in [0.15, 0.2) is 5.78 Å². The molecular weight excluding hydrogens is 202 g/mol. The molecule has 0 spiro atoms. The molecule has 1 heterocycles. The van der Waals surface area contributed by atoms with Crippen molar-refractivity contribution in [1.29, 1.82) is 0 Å². The van der Waals surface area contributed by atoms with Crippen LogP contribution in [0.3, 0.4) is 0 Å². The first kappa shape index (κ1) is 10.9. The second kappa shape index (κ2) is 3.74.